The number of aliphatic hydroxyl groups is 1. The highest BCUT2D eigenvalue weighted by molar-refractivity contribution is 9.10. The number of hydrogen-bond donors (Lipinski definition) is 2. The second kappa shape index (κ2) is 5.23. The van der Waals surface area contributed by atoms with E-state index < -0.39 is 5.60 Å². The molecule has 1 N–H and O–H groups in total. The fourth-order valence-electron chi connectivity index (χ4n) is 2.05. The molecule has 0 atom stereocenters. The molecule has 3 nitrogen and oxygen atoms in total. The van der Waals surface area contributed by atoms with Gasteiger partial charge in [0.05, 0.1) is 11.2 Å². The first-order valence-electron chi connectivity index (χ1n) is 5.89. The van der Waals surface area contributed by atoms with Gasteiger partial charge in [-0.1, -0.05) is 15.9 Å². The van der Waals surface area contributed by atoms with Crippen LogP contribution in [0.2, 0.25) is 0 Å². The van der Waals surface area contributed by atoms with E-state index in [9.17, 15) is 9.90 Å². The molecule has 1 aromatic carbocycles. The number of amides is 1. The molecule has 1 saturated heterocycles. The summed E-state index contributed by atoms with van der Waals surface area (Å²) in [6, 6.07) is 5.44. The standard InChI is InChI=1S/C13H16BrNO2S/c1-13(17)4-6-15(7-5-13)12(16)10-3-2-9(14)8-11(10)18/h2-3,8,17-18H,4-7H2,1H3. The molecule has 1 heterocycles. The quantitative estimate of drug-likeness (QED) is 0.778. The minimum absolute atomic E-state index is 0.0111. The van der Waals surface area contributed by atoms with Gasteiger partial charge in [-0.3, -0.25) is 4.79 Å². The Kier molecular flexibility index (Phi) is 4.04. The maximum Gasteiger partial charge on any atom is 0.254 e. The third-order valence-electron chi connectivity index (χ3n) is 3.32. The highest BCUT2D eigenvalue weighted by atomic mass is 79.9. The molecule has 0 unspecified atom stereocenters. The van der Waals surface area contributed by atoms with Gasteiger partial charge in [-0.15, -0.1) is 12.6 Å². The maximum atomic E-state index is 12.3. The first-order chi connectivity index (χ1) is 8.39. The van der Waals surface area contributed by atoms with Crippen LogP contribution >= 0.6 is 28.6 Å². The van der Waals surface area contributed by atoms with Crippen molar-refractivity contribution in [2.24, 2.45) is 0 Å². The van der Waals surface area contributed by atoms with E-state index >= 15 is 0 Å². The van der Waals surface area contributed by atoms with Gasteiger partial charge in [0, 0.05) is 22.5 Å². The monoisotopic (exact) mass is 329 g/mol. The van der Waals surface area contributed by atoms with Crippen molar-refractivity contribution >= 4 is 34.5 Å². The molecule has 1 aromatic rings. The van der Waals surface area contributed by atoms with Crippen LogP contribution in [-0.2, 0) is 0 Å². The van der Waals surface area contributed by atoms with E-state index in [-0.39, 0.29) is 5.91 Å². The number of carbonyl (C=O) groups is 1. The van der Waals surface area contributed by atoms with E-state index in [0.717, 1.165) is 4.47 Å². The van der Waals surface area contributed by atoms with Crippen LogP contribution in [-0.4, -0.2) is 34.6 Å². The predicted molar refractivity (Wildman–Crippen MR) is 77.2 cm³/mol. The Morgan fingerprint density at radius 2 is 2.06 bits per heavy atom. The summed E-state index contributed by atoms with van der Waals surface area (Å²) in [6.45, 7) is 3.00. The molecule has 0 bridgehead atoms. The van der Waals surface area contributed by atoms with Crippen LogP contribution in [0.5, 0.6) is 0 Å². The number of nitrogens with zero attached hydrogens (tertiary/aromatic N) is 1. The van der Waals surface area contributed by atoms with E-state index in [0.29, 0.717) is 36.4 Å². The lowest BCUT2D eigenvalue weighted by Crippen LogP contribution is -2.45. The highest BCUT2D eigenvalue weighted by Gasteiger charge is 2.30. The number of likely N-dealkylation sites (tertiary alicyclic amines) is 1. The largest absolute Gasteiger partial charge is 0.390 e. The number of benzene rings is 1. The summed E-state index contributed by atoms with van der Waals surface area (Å²) < 4.78 is 0.908. The summed E-state index contributed by atoms with van der Waals surface area (Å²) in [7, 11) is 0. The molecule has 2 rings (SSSR count). The fraction of sp³-hybridized carbons (Fsp3) is 0.462. The molecular weight excluding hydrogens is 314 g/mol. The molecule has 1 fully saturated rings. The summed E-state index contributed by atoms with van der Waals surface area (Å²) in [6.07, 6.45) is 1.24. The van der Waals surface area contributed by atoms with Gasteiger partial charge < -0.3 is 10.0 Å². The van der Waals surface area contributed by atoms with E-state index in [1.165, 1.54) is 0 Å². The van der Waals surface area contributed by atoms with Crippen LogP contribution in [0.15, 0.2) is 27.6 Å². The number of thiol groups is 1. The smallest absolute Gasteiger partial charge is 0.254 e. The van der Waals surface area contributed by atoms with E-state index in [1.54, 1.807) is 11.0 Å². The lowest BCUT2D eigenvalue weighted by molar-refractivity contribution is -0.00212. The zero-order valence-corrected chi connectivity index (χ0v) is 12.7. The lowest BCUT2D eigenvalue weighted by Gasteiger charge is -2.36. The third-order valence-corrected chi connectivity index (χ3v) is 4.18. The van der Waals surface area contributed by atoms with Crippen molar-refractivity contribution in [2.45, 2.75) is 30.3 Å². The molecule has 0 aromatic heterocycles. The van der Waals surface area contributed by atoms with Crippen LogP contribution in [0.4, 0.5) is 0 Å². The van der Waals surface area contributed by atoms with Gasteiger partial charge in [0.15, 0.2) is 0 Å². The second-order valence-corrected chi connectivity index (χ2v) is 6.35. The van der Waals surface area contributed by atoms with E-state index in [1.807, 2.05) is 19.1 Å². The lowest BCUT2D eigenvalue weighted by atomic mass is 9.93. The van der Waals surface area contributed by atoms with Crippen LogP contribution in [0, 0.1) is 0 Å². The van der Waals surface area contributed by atoms with Gasteiger partial charge in [-0.2, -0.15) is 0 Å². The zero-order chi connectivity index (χ0) is 13.3. The Labute approximate surface area is 121 Å². The average molecular weight is 330 g/mol. The highest BCUT2D eigenvalue weighted by Crippen LogP contribution is 2.25. The summed E-state index contributed by atoms with van der Waals surface area (Å²) in [5, 5.41) is 9.88. The third kappa shape index (κ3) is 3.08. The minimum atomic E-state index is -0.639. The van der Waals surface area contributed by atoms with Crippen LogP contribution in [0.3, 0.4) is 0 Å². The zero-order valence-electron chi connectivity index (χ0n) is 10.2. The molecular formula is C13H16BrNO2S. The molecule has 5 heteroatoms. The van der Waals surface area contributed by atoms with Crippen molar-refractivity contribution < 1.29 is 9.90 Å². The molecule has 1 amide bonds. The van der Waals surface area contributed by atoms with Crippen molar-refractivity contribution in [3.8, 4) is 0 Å². The van der Waals surface area contributed by atoms with Gasteiger partial charge in [-0.25, -0.2) is 0 Å². The summed E-state index contributed by atoms with van der Waals surface area (Å²) in [4.78, 5) is 14.8. The van der Waals surface area contributed by atoms with Crippen molar-refractivity contribution in [1.82, 2.24) is 4.90 Å². The molecule has 0 spiro atoms. The molecule has 0 saturated carbocycles. The molecule has 1 aliphatic heterocycles. The van der Waals surface area contributed by atoms with Gasteiger partial charge >= 0.3 is 0 Å². The van der Waals surface area contributed by atoms with Crippen molar-refractivity contribution in [2.75, 3.05) is 13.1 Å². The van der Waals surface area contributed by atoms with Gasteiger partial charge in [0.1, 0.15) is 0 Å². The summed E-state index contributed by atoms with van der Waals surface area (Å²) >= 11 is 7.68. The van der Waals surface area contributed by atoms with Crippen molar-refractivity contribution in [3.05, 3.63) is 28.2 Å². The van der Waals surface area contributed by atoms with Crippen LogP contribution < -0.4 is 0 Å². The fourth-order valence-corrected chi connectivity index (χ4v) is 2.89. The molecule has 18 heavy (non-hydrogen) atoms. The number of halogens is 1. The Balaban J connectivity index is 2.13. The van der Waals surface area contributed by atoms with Crippen LogP contribution in [0.25, 0.3) is 0 Å². The molecule has 0 aliphatic carbocycles. The average Bonchev–Trinajstić information content (AvgIpc) is 2.28. The SMILES string of the molecule is CC1(O)CCN(C(=O)c2ccc(Br)cc2S)CC1. The minimum Gasteiger partial charge on any atom is -0.390 e. The Bertz CT molecular complexity index is 466. The topological polar surface area (TPSA) is 40.5 Å². The predicted octanol–water partition coefficient (Wildman–Crippen LogP) is 2.72. The summed E-state index contributed by atoms with van der Waals surface area (Å²) in [5.41, 5.74) is -0.0246. The van der Waals surface area contributed by atoms with Crippen LogP contribution in [0.1, 0.15) is 30.1 Å². The van der Waals surface area contributed by atoms with E-state index in [4.69, 9.17) is 0 Å². The summed E-state index contributed by atoms with van der Waals surface area (Å²) in [5.74, 6) is -0.0111. The Morgan fingerprint density at radius 3 is 2.61 bits per heavy atom. The number of hydrogen-bond acceptors (Lipinski definition) is 3. The number of rotatable bonds is 1. The van der Waals surface area contributed by atoms with Gasteiger partial charge in [0.25, 0.3) is 5.91 Å². The number of piperidine rings is 1. The molecule has 0 radical (unpaired) electrons. The normalized spacial score (nSPS) is 18.8. The number of carbonyl (C=O) groups excluding carboxylic acids is 1. The Morgan fingerprint density at radius 1 is 1.44 bits per heavy atom. The Hall–Kier alpha value is -0.520. The maximum absolute atomic E-state index is 12.3. The second-order valence-electron chi connectivity index (χ2n) is 4.95. The van der Waals surface area contributed by atoms with Gasteiger partial charge in [0.2, 0.25) is 0 Å². The molecule has 1 aliphatic rings. The molecule has 98 valence electrons. The van der Waals surface area contributed by atoms with Crippen molar-refractivity contribution in [1.29, 1.82) is 0 Å². The first kappa shape index (κ1) is 13.9. The first-order valence-corrected chi connectivity index (χ1v) is 7.13. The van der Waals surface area contributed by atoms with E-state index in [2.05, 4.69) is 28.6 Å². The van der Waals surface area contributed by atoms with Gasteiger partial charge in [-0.05, 0) is 38.0 Å². The van der Waals surface area contributed by atoms with Crippen molar-refractivity contribution in [3.63, 3.8) is 0 Å².